The van der Waals surface area contributed by atoms with Gasteiger partial charge in [0.05, 0.1) is 17.7 Å². The number of sulfonamides is 1. The molecule has 3 aromatic carbocycles. The van der Waals surface area contributed by atoms with Crippen molar-refractivity contribution in [2.24, 2.45) is 0 Å². The van der Waals surface area contributed by atoms with Crippen LogP contribution in [0.5, 0.6) is 5.75 Å². The fourth-order valence-corrected chi connectivity index (χ4v) is 5.31. The van der Waals surface area contributed by atoms with Gasteiger partial charge in [-0.15, -0.1) is 0 Å². The van der Waals surface area contributed by atoms with Gasteiger partial charge in [0.2, 0.25) is 11.8 Å². The average Bonchev–Trinajstić information content (AvgIpc) is 2.95. The molecule has 1 N–H and O–H groups in total. The number of benzene rings is 3. The van der Waals surface area contributed by atoms with Crippen LogP contribution in [0.25, 0.3) is 0 Å². The van der Waals surface area contributed by atoms with Gasteiger partial charge in [-0.25, -0.2) is 12.8 Å². The highest BCUT2D eigenvalue weighted by Crippen LogP contribution is 2.25. The molecule has 0 aliphatic rings. The maximum absolute atomic E-state index is 13.9. The van der Waals surface area contributed by atoms with Gasteiger partial charge in [0, 0.05) is 12.6 Å². The molecular formula is C29H34FN3O5S. The van der Waals surface area contributed by atoms with E-state index in [0.717, 1.165) is 16.4 Å². The summed E-state index contributed by atoms with van der Waals surface area (Å²) in [5.41, 5.74) is 0.816. The summed E-state index contributed by atoms with van der Waals surface area (Å²) in [6, 6.07) is 18.6. The molecule has 0 aromatic heterocycles. The van der Waals surface area contributed by atoms with Gasteiger partial charge in [-0.2, -0.15) is 0 Å². The van der Waals surface area contributed by atoms with E-state index in [2.05, 4.69) is 5.32 Å². The molecule has 0 saturated carbocycles. The van der Waals surface area contributed by atoms with E-state index in [1.165, 1.54) is 36.3 Å². The number of hydrogen-bond acceptors (Lipinski definition) is 5. The SMILES string of the molecule is CCC(C)NC(=O)C(C)N(Cc1cccc(OC)c1)C(=O)CN(c1ccc(F)cc1)S(=O)(=O)c1ccccc1. The first-order valence-corrected chi connectivity index (χ1v) is 14.1. The van der Waals surface area contributed by atoms with Crippen molar-refractivity contribution in [3.63, 3.8) is 0 Å². The van der Waals surface area contributed by atoms with Crippen molar-refractivity contribution in [1.29, 1.82) is 0 Å². The van der Waals surface area contributed by atoms with Gasteiger partial charge < -0.3 is 15.0 Å². The first-order valence-electron chi connectivity index (χ1n) is 12.6. The molecule has 0 saturated heterocycles. The molecule has 3 rings (SSSR count). The number of halogens is 1. The van der Waals surface area contributed by atoms with Crippen LogP contribution in [-0.4, -0.2) is 50.9 Å². The van der Waals surface area contributed by atoms with E-state index in [9.17, 15) is 22.4 Å². The molecule has 0 heterocycles. The molecule has 2 atom stereocenters. The summed E-state index contributed by atoms with van der Waals surface area (Å²) in [5.74, 6) is -0.929. The molecule has 0 aliphatic carbocycles. The summed E-state index contributed by atoms with van der Waals surface area (Å²) >= 11 is 0. The third-order valence-corrected chi connectivity index (χ3v) is 8.17. The van der Waals surface area contributed by atoms with Gasteiger partial charge in [0.1, 0.15) is 24.2 Å². The second kappa shape index (κ2) is 13.2. The molecule has 208 valence electrons. The van der Waals surface area contributed by atoms with E-state index in [1.54, 1.807) is 49.4 Å². The van der Waals surface area contributed by atoms with E-state index >= 15 is 0 Å². The number of nitrogens with one attached hydrogen (secondary N) is 1. The van der Waals surface area contributed by atoms with Crippen LogP contribution in [0.2, 0.25) is 0 Å². The van der Waals surface area contributed by atoms with Crippen molar-refractivity contribution in [2.45, 2.75) is 50.7 Å². The van der Waals surface area contributed by atoms with Crippen LogP contribution in [0.3, 0.4) is 0 Å². The highest BCUT2D eigenvalue weighted by molar-refractivity contribution is 7.92. The summed E-state index contributed by atoms with van der Waals surface area (Å²) in [4.78, 5) is 28.3. The predicted molar refractivity (Wildman–Crippen MR) is 148 cm³/mol. The summed E-state index contributed by atoms with van der Waals surface area (Å²) in [7, 11) is -2.68. The molecule has 0 spiro atoms. The normalized spacial score (nSPS) is 12.7. The Morgan fingerprint density at radius 2 is 1.64 bits per heavy atom. The van der Waals surface area contributed by atoms with E-state index < -0.39 is 34.3 Å². The lowest BCUT2D eigenvalue weighted by atomic mass is 10.1. The molecule has 8 nitrogen and oxygen atoms in total. The quantitative estimate of drug-likeness (QED) is 0.358. The van der Waals surface area contributed by atoms with E-state index in [0.29, 0.717) is 17.7 Å². The Hall–Kier alpha value is -3.92. The Kier molecular flexibility index (Phi) is 10.1. The number of carbonyl (C=O) groups excluding carboxylic acids is 2. The molecule has 0 radical (unpaired) electrons. The fraction of sp³-hybridized carbons (Fsp3) is 0.310. The Bertz CT molecular complexity index is 1370. The van der Waals surface area contributed by atoms with Gasteiger partial charge in [-0.05, 0) is 74.4 Å². The highest BCUT2D eigenvalue weighted by atomic mass is 32.2. The van der Waals surface area contributed by atoms with Gasteiger partial charge in [-0.1, -0.05) is 37.3 Å². The molecule has 0 bridgehead atoms. The van der Waals surface area contributed by atoms with Gasteiger partial charge in [0.15, 0.2) is 0 Å². The molecule has 39 heavy (non-hydrogen) atoms. The molecule has 2 amide bonds. The second-order valence-electron chi connectivity index (χ2n) is 9.17. The molecule has 0 aliphatic heterocycles. The van der Waals surface area contributed by atoms with Crippen LogP contribution in [0.15, 0.2) is 83.8 Å². The lowest BCUT2D eigenvalue weighted by molar-refractivity contribution is -0.139. The highest BCUT2D eigenvalue weighted by Gasteiger charge is 2.32. The summed E-state index contributed by atoms with van der Waals surface area (Å²) < 4.78 is 47.3. The van der Waals surface area contributed by atoms with Crippen LogP contribution in [0.4, 0.5) is 10.1 Å². The Labute approximate surface area is 229 Å². The lowest BCUT2D eigenvalue weighted by Crippen LogP contribution is -2.52. The zero-order valence-corrected chi connectivity index (χ0v) is 23.3. The maximum Gasteiger partial charge on any atom is 0.264 e. The number of hydrogen-bond donors (Lipinski definition) is 1. The van der Waals surface area contributed by atoms with Crippen molar-refractivity contribution in [1.82, 2.24) is 10.2 Å². The zero-order valence-electron chi connectivity index (χ0n) is 22.5. The van der Waals surface area contributed by atoms with E-state index in [4.69, 9.17) is 4.74 Å². The maximum atomic E-state index is 13.9. The first-order chi connectivity index (χ1) is 18.6. The Balaban J connectivity index is 2.01. The number of rotatable bonds is 12. The standard InChI is InChI=1S/C29H34FN3O5S/c1-5-21(2)31-29(35)22(3)32(19-23-10-9-11-26(18-23)38-4)28(34)20-33(25-16-14-24(30)15-17-25)39(36,37)27-12-7-6-8-13-27/h6-18,21-22H,5,19-20H2,1-4H3,(H,31,35). The van der Waals surface area contributed by atoms with Crippen molar-refractivity contribution < 1.29 is 27.1 Å². The van der Waals surface area contributed by atoms with Crippen LogP contribution >= 0.6 is 0 Å². The number of anilines is 1. The summed E-state index contributed by atoms with van der Waals surface area (Å²) in [6.45, 7) is 4.83. The van der Waals surface area contributed by atoms with Crippen LogP contribution < -0.4 is 14.4 Å². The van der Waals surface area contributed by atoms with Gasteiger partial charge in [0.25, 0.3) is 10.0 Å². The van der Waals surface area contributed by atoms with Crippen LogP contribution in [0, 0.1) is 5.82 Å². The summed E-state index contributed by atoms with van der Waals surface area (Å²) in [5, 5.41) is 2.89. The largest absolute Gasteiger partial charge is 0.497 e. The number of ether oxygens (including phenoxy) is 1. The molecular weight excluding hydrogens is 521 g/mol. The van der Waals surface area contributed by atoms with Crippen molar-refractivity contribution in [3.8, 4) is 5.75 Å². The van der Waals surface area contributed by atoms with Crippen molar-refractivity contribution in [3.05, 3.63) is 90.2 Å². The number of methoxy groups -OCH3 is 1. The predicted octanol–water partition coefficient (Wildman–Crippen LogP) is 4.36. The average molecular weight is 556 g/mol. The molecule has 10 heteroatoms. The minimum Gasteiger partial charge on any atom is -0.497 e. The minimum absolute atomic E-state index is 0.0240. The first kappa shape index (κ1) is 29.6. The van der Waals surface area contributed by atoms with Crippen molar-refractivity contribution >= 4 is 27.5 Å². The molecule has 2 unspecified atom stereocenters. The molecule has 0 fully saturated rings. The van der Waals surface area contributed by atoms with E-state index in [1.807, 2.05) is 13.8 Å². The monoisotopic (exact) mass is 555 g/mol. The third kappa shape index (κ3) is 7.57. The molecule has 3 aromatic rings. The smallest absolute Gasteiger partial charge is 0.264 e. The van der Waals surface area contributed by atoms with Crippen LogP contribution in [0.1, 0.15) is 32.8 Å². The van der Waals surface area contributed by atoms with Crippen LogP contribution in [-0.2, 0) is 26.2 Å². The number of amides is 2. The van der Waals surface area contributed by atoms with Gasteiger partial charge >= 0.3 is 0 Å². The minimum atomic E-state index is -4.21. The van der Waals surface area contributed by atoms with E-state index in [-0.39, 0.29) is 29.1 Å². The second-order valence-corrected chi connectivity index (χ2v) is 11.0. The Morgan fingerprint density at radius 3 is 2.26 bits per heavy atom. The van der Waals surface area contributed by atoms with Gasteiger partial charge in [-0.3, -0.25) is 13.9 Å². The zero-order chi connectivity index (χ0) is 28.6. The number of nitrogens with zero attached hydrogens (tertiary/aromatic N) is 2. The fourth-order valence-electron chi connectivity index (χ4n) is 3.87. The number of carbonyl (C=O) groups is 2. The topological polar surface area (TPSA) is 96.0 Å². The third-order valence-electron chi connectivity index (χ3n) is 6.38. The van der Waals surface area contributed by atoms with Crippen molar-refractivity contribution in [2.75, 3.05) is 18.0 Å². The Morgan fingerprint density at radius 1 is 0.974 bits per heavy atom. The lowest BCUT2D eigenvalue weighted by Gasteiger charge is -2.32. The summed E-state index contributed by atoms with van der Waals surface area (Å²) in [6.07, 6.45) is 0.704.